The third kappa shape index (κ3) is 4.78. The number of H-pyrrole nitrogens is 1. The Morgan fingerprint density at radius 2 is 1.90 bits per heavy atom. The van der Waals surface area contributed by atoms with E-state index in [0.717, 1.165) is 49.0 Å². The highest BCUT2D eigenvalue weighted by atomic mass is 32.2. The van der Waals surface area contributed by atoms with Crippen molar-refractivity contribution in [3.8, 4) is 0 Å². The van der Waals surface area contributed by atoms with E-state index in [2.05, 4.69) is 26.9 Å². The molecule has 0 spiro atoms. The fourth-order valence-electron chi connectivity index (χ4n) is 4.40. The van der Waals surface area contributed by atoms with Gasteiger partial charge in [0.15, 0.2) is 0 Å². The molecule has 0 saturated heterocycles. The molecule has 29 heavy (non-hydrogen) atoms. The summed E-state index contributed by atoms with van der Waals surface area (Å²) in [5.41, 5.74) is 2.03. The van der Waals surface area contributed by atoms with E-state index in [-0.39, 0.29) is 0 Å². The molecule has 1 aliphatic rings. The molecule has 0 bridgehead atoms. The van der Waals surface area contributed by atoms with Crippen LogP contribution in [0.5, 0.6) is 0 Å². The molecule has 154 valence electrons. The van der Waals surface area contributed by atoms with Crippen molar-refractivity contribution in [2.45, 2.75) is 38.1 Å². The van der Waals surface area contributed by atoms with Gasteiger partial charge in [-0.15, -0.1) is 0 Å². The molecular weight excluding hydrogens is 382 g/mol. The molecule has 0 radical (unpaired) electrons. The topological polar surface area (TPSA) is 85.7 Å². The Morgan fingerprint density at radius 3 is 2.66 bits per heavy atom. The van der Waals surface area contributed by atoms with Gasteiger partial charge in [0.1, 0.15) is 17.8 Å². The summed E-state index contributed by atoms with van der Waals surface area (Å²) in [6.07, 6.45) is 8.37. The second-order valence-corrected chi connectivity index (χ2v) is 10.5. The molecule has 1 saturated carbocycles. The summed E-state index contributed by atoms with van der Waals surface area (Å²) in [4.78, 5) is 14.2. The number of fused-ring (bicyclic) bond motifs is 1. The number of benzene rings is 1. The number of hydrogen-bond donors (Lipinski definition) is 2. The van der Waals surface area contributed by atoms with Crippen molar-refractivity contribution in [3.63, 3.8) is 0 Å². The lowest BCUT2D eigenvalue weighted by molar-refractivity contribution is 0.342. The molecule has 7 heteroatoms. The van der Waals surface area contributed by atoms with Gasteiger partial charge in [-0.25, -0.2) is 14.2 Å². The molecule has 2 aromatic heterocycles. The molecule has 1 unspecified atom stereocenters. The van der Waals surface area contributed by atoms with E-state index in [0.29, 0.717) is 23.5 Å². The average molecular weight is 412 g/mol. The lowest BCUT2D eigenvalue weighted by atomic mass is 9.86. The summed E-state index contributed by atoms with van der Waals surface area (Å²) < 4.78 is 21.2. The van der Waals surface area contributed by atoms with Crippen molar-refractivity contribution >= 4 is 26.6 Å². The molecule has 2 heterocycles. The van der Waals surface area contributed by atoms with Crippen LogP contribution in [-0.4, -0.2) is 43.8 Å². The van der Waals surface area contributed by atoms with E-state index in [1.54, 1.807) is 6.33 Å². The molecule has 3 aromatic rings. The molecule has 1 fully saturated rings. The van der Waals surface area contributed by atoms with Gasteiger partial charge >= 0.3 is 0 Å². The highest BCUT2D eigenvalue weighted by Crippen LogP contribution is 2.32. The summed E-state index contributed by atoms with van der Waals surface area (Å²) in [5, 5.41) is 1.05. The number of anilines is 1. The molecule has 4 rings (SSSR count). The molecule has 1 atom stereocenters. The first-order valence-corrected chi connectivity index (χ1v) is 12.2. The van der Waals surface area contributed by atoms with E-state index in [1.165, 1.54) is 5.56 Å². The maximum atomic E-state index is 12.8. The van der Waals surface area contributed by atoms with Crippen LogP contribution in [0.15, 0.2) is 48.9 Å². The van der Waals surface area contributed by atoms with Gasteiger partial charge < -0.3 is 9.88 Å². The van der Waals surface area contributed by atoms with Gasteiger partial charge in [0.05, 0.1) is 5.39 Å². The molecular formula is C22H29N5OS. The minimum atomic E-state index is -2.53. The van der Waals surface area contributed by atoms with Crippen molar-refractivity contribution in [2.24, 2.45) is 5.92 Å². The Balaban J connectivity index is 1.31. The van der Waals surface area contributed by atoms with Gasteiger partial charge in [0, 0.05) is 40.5 Å². The van der Waals surface area contributed by atoms with Crippen LogP contribution < -0.4 is 4.90 Å². The van der Waals surface area contributed by atoms with Crippen LogP contribution in [0.4, 0.5) is 5.82 Å². The number of nitrogens with one attached hydrogen (secondary N) is 2. The molecule has 1 aromatic carbocycles. The standard InChI is InChI=1S/C22H29N5OS/c1-27(22-20-11-13-24-21(20)25-16-26-22)19-9-7-18(8-10-19)15-29(23,28)14-12-17-5-3-2-4-6-17/h2-6,11,13,16,18-19,23H,7-10,12,14-15H2,1H3,(H,24,25,26). The summed E-state index contributed by atoms with van der Waals surface area (Å²) in [5.74, 6) is 2.35. The summed E-state index contributed by atoms with van der Waals surface area (Å²) in [6, 6.07) is 12.5. The number of aromatic nitrogens is 3. The highest BCUT2D eigenvalue weighted by Gasteiger charge is 2.27. The number of hydrogen-bond acceptors (Lipinski definition) is 5. The van der Waals surface area contributed by atoms with E-state index in [4.69, 9.17) is 4.78 Å². The minimum Gasteiger partial charge on any atom is -0.356 e. The first-order valence-electron chi connectivity index (χ1n) is 10.3. The Hall–Kier alpha value is -2.41. The second-order valence-electron chi connectivity index (χ2n) is 8.14. The quantitative estimate of drug-likeness (QED) is 0.609. The zero-order chi connectivity index (χ0) is 20.3. The Labute approximate surface area is 172 Å². The van der Waals surface area contributed by atoms with Crippen LogP contribution in [0.3, 0.4) is 0 Å². The maximum absolute atomic E-state index is 12.8. The zero-order valence-corrected chi connectivity index (χ0v) is 17.7. The number of rotatable bonds is 7. The van der Waals surface area contributed by atoms with Gasteiger partial charge in [0.2, 0.25) is 0 Å². The minimum absolute atomic E-state index is 0.387. The van der Waals surface area contributed by atoms with Crippen molar-refractivity contribution in [2.75, 3.05) is 23.5 Å². The van der Waals surface area contributed by atoms with Gasteiger partial charge in [-0.3, -0.25) is 4.78 Å². The fraction of sp³-hybridized carbons (Fsp3) is 0.455. The monoisotopic (exact) mass is 411 g/mol. The largest absolute Gasteiger partial charge is 0.356 e. The van der Waals surface area contributed by atoms with Gasteiger partial charge in [-0.05, 0) is 49.7 Å². The lowest BCUT2D eigenvalue weighted by Crippen LogP contribution is -2.37. The Kier molecular flexibility index (Phi) is 5.85. The molecule has 0 amide bonds. The van der Waals surface area contributed by atoms with Crippen molar-refractivity contribution in [1.29, 1.82) is 4.78 Å². The van der Waals surface area contributed by atoms with Crippen LogP contribution >= 0.6 is 0 Å². The van der Waals surface area contributed by atoms with Crippen LogP contribution in [0.25, 0.3) is 11.0 Å². The Bertz CT molecular complexity index is 1040. The molecule has 1 aliphatic carbocycles. The first-order chi connectivity index (χ1) is 14.0. The predicted octanol–water partition coefficient (Wildman–Crippen LogP) is 4.24. The van der Waals surface area contributed by atoms with Crippen molar-refractivity contribution in [1.82, 2.24) is 15.0 Å². The van der Waals surface area contributed by atoms with Gasteiger partial charge in [0.25, 0.3) is 0 Å². The van der Waals surface area contributed by atoms with Crippen molar-refractivity contribution in [3.05, 3.63) is 54.5 Å². The number of aryl methyl sites for hydroxylation is 1. The van der Waals surface area contributed by atoms with Crippen LogP contribution in [0.1, 0.15) is 31.2 Å². The smallest absolute Gasteiger partial charge is 0.142 e. The average Bonchev–Trinajstić information content (AvgIpc) is 3.22. The third-order valence-corrected chi connectivity index (χ3v) is 7.97. The summed E-state index contributed by atoms with van der Waals surface area (Å²) in [7, 11) is -0.425. The third-order valence-electron chi connectivity index (χ3n) is 6.10. The predicted molar refractivity (Wildman–Crippen MR) is 119 cm³/mol. The number of nitrogens with zero attached hydrogens (tertiary/aromatic N) is 3. The SMILES string of the molecule is CN(c1ncnc2[nH]ccc12)C1CCC(CS(=N)(=O)CCc2ccccc2)CC1. The van der Waals surface area contributed by atoms with Crippen LogP contribution in [0.2, 0.25) is 0 Å². The Morgan fingerprint density at radius 1 is 1.14 bits per heavy atom. The van der Waals surface area contributed by atoms with Crippen molar-refractivity contribution < 1.29 is 4.21 Å². The van der Waals surface area contributed by atoms with E-state index < -0.39 is 9.73 Å². The van der Waals surface area contributed by atoms with E-state index >= 15 is 0 Å². The molecule has 2 N–H and O–H groups in total. The lowest BCUT2D eigenvalue weighted by Gasteiger charge is -2.35. The van der Waals surface area contributed by atoms with E-state index in [9.17, 15) is 4.21 Å². The number of aromatic amines is 1. The van der Waals surface area contributed by atoms with Gasteiger partial charge in [-0.2, -0.15) is 0 Å². The zero-order valence-electron chi connectivity index (χ0n) is 16.9. The van der Waals surface area contributed by atoms with Crippen LogP contribution in [-0.2, 0) is 16.1 Å². The molecule has 6 nitrogen and oxygen atoms in total. The first kappa shape index (κ1) is 19.9. The second kappa shape index (κ2) is 8.53. The highest BCUT2D eigenvalue weighted by molar-refractivity contribution is 7.92. The van der Waals surface area contributed by atoms with Gasteiger partial charge in [-0.1, -0.05) is 30.3 Å². The van der Waals surface area contributed by atoms with Crippen LogP contribution in [0, 0.1) is 10.7 Å². The molecule has 0 aliphatic heterocycles. The van der Waals surface area contributed by atoms with E-state index in [1.807, 2.05) is 42.6 Å². The summed E-state index contributed by atoms with van der Waals surface area (Å²) >= 11 is 0. The summed E-state index contributed by atoms with van der Waals surface area (Å²) in [6.45, 7) is 0. The fourth-order valence-corrected chi connectivity index (χ4v) is 6.23. The maximum Gasteiger partial charge on any atom is 0.142 e. The normalized spacial score (nSPS) is 21.7.